The summed E-state index contributed by atoms with van der Waals surface area (Å²) in [4.78, 5) is 25.1. The topological polar surface area (TPSA) is 65.7 Å². The Morgan fingerprint density at radius 3 is 2.38 bits per heavy atom. The molecule has 0 saturated carbocycles. The molecule has 0 aliphatic rings. The van der Waals surface area contributed by atoms with Crippen molar-refractivity contribution >= 4 is 34.3 Å². The maximum Gasteiger partial charge on any atom is 0.313 e. The number of ketones is 1. The van der Waals surface area contributed by atoms with Crippen LogP contribution in [0.15, 0.2) is 46.9 Å². The lowest BCUT2D eigenvalue weighted by atomic mass is 9.94. The fraction of sp³-hybridized carbons (Fsp3) is 0.200. The highest BCUT2D eigenvalue weighted by molar-refractivity contribution is 6.31. The molecule has 0 bridgehead atoms. The van der Waals surface area contributed by atoms with E-state index in [2.05, 4.69) is 0 Å². The smallest absolute Gasteiger partial charge is 0.313 e. The summed E-state index contributed by atoms with van der Waals surface area (Å²) in [6, 6.07) is 11.7. The number of carbonyl (C=O) groups is 2. The second-order valence-electron chi connectivity index (χ2n) is 5.79. The highest BCUT2D eigenvalue weighted by atomic mass is 35.5. The molecule has 0 amide bonds. The third-order valence-electron chi connectivity index (χ3n) is 4.23. The number of hydrogen-bond donors (Lipinski definition) is 0. The van der Waals surface area contributed by atoms with Crippen molar-refractivity contribution in [2.75, 3.05) is 14.2 Å². The molecule has 0 radical (unpaired) electrons. The summed E-state index contributed by atoms with van der Waals surface area (Å²) in [6.45, 7) is 1.67. The summed E-state index contributed by atoms with van der Waals surface area (Å²) in [7, 11) is 2.86. The molecule has 6 heteroatoms. The van der Waals surface area contributed by atoms with Gasteiger partial charge in [-0.15, -0.1) is 0 Å². The van der Waals surface area contributed by atoms with Gasteiger partial charge in [0.25, 0.3) is 0 Å². The molecule has 0 fully saturated rings. The first kappa shape index (κ1) is 18.0. The molecule has 0 aliphatic carbocycles. The molecule has 2 aromatic carbocycles. The first-order valence-corrected chi connectivity index (χ1v) is 8.32. The maximum absolute atomic E-state index is 13.0. The third kappa shape index (κ3) is 3.18. The number of esters is 1. The van der Waals surface area contributed by atoms with Gasteiger partial charge in [0.1, 0.15) is 11.3 Å². The number of carbonyl (C=O) groups excluding carboxylic acids is 2. The molecule has 0 spiro atoms. The summed E-state index contributed by atoms with van der Waals surface area (Å²) >= 11 is 6.09. The predicted molar refractivity (Wildman–Crippen MR) is 98.1 cm³/mol. The lowest BCUT2D eigenvalue weighted by molar-refractivity contribution is -0.141. The summed E-state index contributed by atoms with van der Waals surface area (Å²) in [6.07, 6.45) is 0. The van der Waals surface area contributed by atoms with Gasteiger partial charge in [0.15, 0.2) is 5.76 Å². The lowest BCUT2D eigenvalue weighted by Gasteiger charge is -2.10. The summed E-state index contributed by atoms with van der Waals surface area (Å²) < 4.78 is 15.8. The van der Waals surface area contributed by atoms with Crippen LogP contribution in [-0.2, 0) is 9.53 Å². The first-order chi connectivity index (χ1) is 12.5. The van der Waals surface area contributed by atoms with E-state index in [1.54, 1.807) is 56.5 Å². The number of hydrogen-bond acceptors (Lipinski definition) is 5. The van der Waals surface area contributed by atoms with Crippen LogP contribution in [0.5, 0.6) is 5.75 Å². The molecule has 1 atom stereocenters. The van der Waals surface area contributed by atoms with Crippen LogP contribution in [0.3, 0.4) is 0 Å². The number of methoxy groups -OCH3 is 2. The molecule has 0 saturated heterocycles. The van der Waals surface area contributed by atoms with Gasteiger partial charge in [-0.1, -0.05) is 11.6 Å². The van der Waals surface area contributed by atoms with Crippen LogP contribution in [0.2, 0.25) is 5.02 Å². The summed E-state index contributed by atoms with van der Waals surface area (Å²) in [5, 5.41) is 1.10. The Morgan fingerprint density at radius 2 is 1.77 bits per heavy atom. The maximum atomic E-state index is 13.0. The molecule has 1 heterocycles. The minimum Gasteiger partial charge on any atom is -0.497 e. The van der Waals surface area contributed by atoms with E-state index in [0.29, 0.717) is 32.9 Å². The van der Waals surface area contributed by atoms with E-state index < -0.39 is 11.9 Å². The van der Waals surface area contributed by atoms with Crippen molar-refractivity contribution in [1.29, 1.82) is 0 Å². The Kier molecular flexibility index (Phi) is 5.00. The van der Waals surface area contributed by atoms with Crippen molar-refractivity contribution in [2.45, 2.75) is 12.8 Å². The van der Waals surface area contributed by atoms with E-state index in [1.807, 2.05) is 0 Å². The van der Waals surface area contributed by atoms with Gasteiger partial charge in [-0.3, -0.25) is 9.59 Å². The van der Waals surface area contributed by atoms with Crippen molar-refractivity contribution in [2.24, 2.45) is 0 Å². The summed E-state index contributed by atoms with van der Waals surface area (Å²) in [5.41, 5.74) is 1.38. The number of furan rings is 1. The second kappa shape index (κ2) is 7.22. The van der Waals surface area contributed by atoms with Gasteiger partial charge in [-0.25, -0.2) is 0 Å². The molecule has 5 nitrogen and oxygen atoms in total. The minimum absolute atomic E-state index is 0.102. The normalized spacial score (nSPS) is 12.0. The van der Waals surface area contributed by atoms with Crippen LogP contribution in [0.1, 0.15) is 34.5 Å². The third-order valence-corrected chi connectivity index (χ3v) is 4.47. The molecule has 26 heavy (non-hydrogen) atoms. The number of rotatable bonds is 5. The Balaban J connectivity index is 2.17. The van der Waals surface area contributed by atoms with Crippen molar-refractivity contribution in [3.05, 3.63) is 64.4 Å². The van der Waals surface area contributed by atoms with Crippen molar-refractivity contribution < 1.29 is 23.5 Å². The van der Waals surface area contributed by atoms with Crippen LogP contribution in [0.25, 0.3) is 11.0 Å². The zero-order valence-corrected chi connectivity index (χ0v) is 15.3. The zero-order chi connectivity index (χ0) is 18.8. The van der Waals surface area contributed by atoms with Gasteiger partial charge in [-0.05, 0) is 49.4 Å². The number of halogens is 1. The molecule has 0 N–H and O–H groups in total. The molecule has 3 aromatic rings. The predicted octanol–water partition coefficient (Wildman–Crippen LogP) is 4.60. The van der Waals surface area contributed by atoms with Gasteiger partial charge in [-0.2, -0.15) is 0 Å². The van der Waals surface area contributed by atoms with Gasteiger partial charge in [0, 0.05) is 21.5 Å². The fourth-order valence-corrected chi connectivity index (χ4v) is 3.03. The van der Waals surface area contributed by atoms with Gasteiger partial charge in [0.2, 0.25) is 5.78 Å². The Hall–Kier alpha value is -2.79. The monoisotopic (exact) mass is 372 g/mol. The lowest BCUT2D eigenvalue weighted by Crippen LogP contribution is -2.14. The Labute approximate surface area is 155 Å². The molecular formula is C20H17ClO5. The number of benzene rings is 2. The van der Waals surface area contributed by atoms with E-state index in [-0.39, 0.29) is 11.5 Å². The van der Waals surface area contributed by atoms with Crippen LogP contribution in [0, 0.1) is 0 Å². The molecule has 0 aliphatic heterocycles. The quantitative estimate of drug-likeness (QED) is 0.483. The number of fused-ring (bicyclic) bond motifs is 1. The van der Waals surface area contributed by atoms with Crippen molar-refractivity contribution in [3.8, 4) is 5.75 Å². The van der Waals surface area contributed by atoms with Crippen LogP contribution < -0.4 is 4.74 Å². The molecular weight excluding hydrogens is 356 g/mol. The van der Waals surface area contributed by atoms with Crippen molar-refractivity contribution in [3.63, 3.8) is 0 Å². The van der Waals surface area contributed by atoms with E-state index in [9.17, 15) is 9.59 Å². The van der Waals surface area contributed by atoms with Crippen LogP contribution in [-0.4, -0.2) is 26.0 Å². The first-order valence-electron chi connectivity index (χ1n) is 7.94. The fourth-order valence-electron chi connectivity index (χ4n) is 2.86. The standard InChI is InChI=1S/C20H17ClO5/c1-11(20(23)25-3)17-15-10-13(21)6-9-16(15)26-19(17)18(22)12-4-7-14(24-2)8-5-12/h4-11H,1-3H3. The van der Waals surface area contributed by atoms with Crippen LogP contribution >= 0.6 is 11.6 Å². The van der Waals surface area contributed by atoms with E-state index in [0.717, 1.165) is 0 Å². The zero-order valence-electron chi connectivity index (χ0n) is 14.5. The molecule has 1 aromatic heterocycles. The SMILES string of the molecule is COC(=O)C(C)c1c(C(=O)c2ccc(OC)cc2)oc2ccc(Cl)cc12. The number of ether oxygens (including phenoxy) is 2. The molecule has 1 unspecified atom stereocenters. The van der Waals surface area contributed by atoms with Crippen molar-refractivity contribution in [1.82, 2.24) is 0 Å². The average Bonchev–Trinajstić information content (AvgIpc) is 3.04. The van der Waals surface area contributed by atoms with Gasteiger partial charge in [0.05, 0.1) is 20.1 Å². The van der Waals surface area contributed by atoms with E-state index in [4.69, 9.17) is 25.5 Å². The molecule has 134 valence electrons. The van der Waals surface area contributed by atoms with E-state index in [1.165, 1.54) is 7.11 Å². The van der Waals surface area contributed by atoms with Gasteiger partial charge < -0.3 is 13.9 Å². The highest BCUT2D eigenvalue weighted by Gasteiger charge is 2.29. The van der Waals surface area contributed by atoms with E-state index >= 15 is 0 Å². The highest BCUT2D eigenvalue weighted by Crippen LogP contribution is 2.35. The largest absolute Gasteiger partial charge is 0.497 e. The second-order valence-corrected chi connectivity index (χ2v) is 6.22. The Morgan fingerprint density at radius 1 is 1.08 bits per heavy atom. The Bertz CT molecular complexity index is 972. The minimum atomic E-state index is -0.683. The molecule has 3 rings (SSSR count). The van der Waals surface area contributed by atoms with Gasteiger partial charge >= 0.3 is 5.97 Å². The average molecular weight is 373 g/mol. The summed E-state index contributed by atoms with van der Waals surface area (Å²) in [5.74, 6) is -0.731. The van der Waals surface area contributed by atoms with Crippen LogP contribution in [0.4, 0.5) is 0 Å².